The van der Waals surface area contributed by atoms with Crippen LogP contribution in [0.5, 0.6) is 0 Å². The summed E-state index contributed by atoms with van der Waals surface area (Å²) in [4.78, 5) is 12.4. The summed E-state index contributed by atoms with van der Waals surface area (Å²) in [7, 11) is 0. The van der Waals surface area contributed by atoms with E-state index >= 15 is 0 Å². The Morgan fingerprint density at radius 3 is 2.94 bits per heavy atom. The lowest BCUT2D eigenvalue weighted by atomic mass is 10.1. The number of hydrogen-bond acceptors (Lipinski definition) is 3. The number of Topliss-reactive ketones (excluding diaryl/α,β-unsaturated/α-hetero) is 1. The van der Waals surface area contributed by atoms with Crippen LogP contribution in [0.3, 0.4) is 0 Å². The van der Waals surface area contributed by atoms with Crippen LogP contribution in [-0.4, -0.2) is 22.2 Å². The molecular formula is C14H18O2S. The third kappa shape index (κ3) is 2.90. The lowest BCUT2D eigenvalue weighted by Crippen LogP contribution is -2.35. The molecular weight excluding hydrogens is 232 g/mol. The highest BCUT2D eigenvalue weighted by Crippen LogP contribution is 2.41. The van der Waals surface area contributed by atoms with Gasteiger partial charge in [0.25, 0.3) is 0 Å². The maximum atomic E-state index is 11.2. The third-order valence-corrected chi connectivity index (χ3v) is 4.83. The van der Waals surface area contributed by atoms with Crippen LogP contribution in [0.25, 0.3) is 0 Å². The van der Waals surface area contributed by atoms with E-state index in [0.29, 0.717) is 11.7 Å². The topological polar surface area (TPSA) is 37.3 Å². The highest BCUT2D eigenvalue weighted by molar-refractivity contribution is 8.03. The minimum atomic E-state index is -1.22. The highest BCUT2D eigenvalue weighted by atomic mass is 32.2. The van der Waals surface area contributed by atoms with Gasteiger partial charge in [0, 0.05) is 16.6 Å². The largest absolute Gasteiger partial charge is 0.382 e. The Morgan fingerprint density at radius 2 is 2.29 bits per heavy atom. The van der Waals surface area contributed by atoms with E-state index in [2.05, 4.69) is 25.2 Å². The van der Waals surface area contributed by atoms with Gasteiger partial charge in [0.05, 0.1) is 0 Å². The number of allylic oxidation sites excluding steroid dienone is 5. The number of ketones is 1. The van der Waals surface area contributed by atoms with E-state index in [1.807, 2.05) is 0 Å². The molecule has 0 heterocycles. The van der Waals surface area contributed by atoms with Gasteiger partial charge in [-0.1, -0.05) is 23.8 Å². The van der Waals surface area contributed by atoms with Crippen LogP contribution in [0, 0.1) is 5.92 Å². The molecule has 0 radical (unpaired) electrons. The second kappa shape index (κ2) is 4.46. The quantitative estimate of drug-likeness (QED) is 0.780. The van der Waals surface area contributed by atoms with E-state index < -0.39 is 5.60 Å². The van der Waals surface area contributed by atoms with Crippen LogP contribution < -0.4 is 0 Å². The summed E-state index contributed by atoms with van der Waals surface area (Å²) in [6.45, 7) is 5.11. The first-order valence-electron chi connectivity index (χ1n) is 5.86. The second-order valence-corrected chi connectivity index (χ2v) is 6.03. The van der Waals surface area contributed by atoms with Crippen molar-refractivity contribution in [1.29, 1.82) is 0 Å². The zero-order chi connectivity index (χ0) is 12.6. The summed E-state index contributed by atoms with van der Waals surface area (Å²) >= 11 is 1.57. The summed E-state index contributed by atoms with van der Waals surface area (Å²) in [5, 5.41) is 9.91. The molecule has 2 atom stereocenters. The number of rotatable bonds is 4. The Labute approximate surface area is 106 Å². The van der Waals surface area contributed by atoms with Crippen molar-refractivity contribution in [1.82, 2.24) is 0 Å². The molecule has 0 fully saturated rings. The molecule has 0 aromatic rings. The van der Waals surface area contributed by atoms with Crippen molar-refractivity contribution >= 4 is 17.5 Å². The molecule has 2 unspecified atom stereocenters. The molecule has 0 spiro atoms. The molecule has 0 bridgehead atoms. The number of carbonyl (C=O) groups is 1. The van der Waals surface area contributed by atoms with Crippen molar-refractivity contribution in [3.8, 4) is 0 Å². The van der Waals surface area contributed by atoms with Crippen LogP contribution in [0.1, 0.15) is 27.2 Å². The van der Waals surface area contributed by atoms with Gasteiger partial charge in [-0.25, -0.2) is 0 Å². The molecule has 2 rings (SSSR count). The van der Waals surface area contributed by atoms with E-state index in [0.717, 1.165) is 6.42 Å². The van der Waals surface area contributed by atoms with Crippen LogP contribution in [0.2, 0.25) is 0 Å². The van der Waals surface area contributed by atoms with Crippen molar-refractivity contribution in [2.45, 2.75) is 32.8 Å². The molecule has 0 aromatic heterocycles. The molecule has 0 aromatic carbocycles. The Bertz CT molecular complexity index is 441. The fourth-order valence-corrected chi connectivity index (χ4v) is 2.89. The summed E-state index contributed by atoms with van der Waals surface area (Å²) in [5.74, 6) is 0.812. The molecule has 0 aliphatic heterocycles. The number of hydrogen-bond donors (Lipinski definition) is 1. The highest BCUT2D eigenvalue weighted by Gasteiger charge is 2.28. The van der Waals surface area contributed by atoms with Crippen molar-refractivity contribution in [3.05, 3.63) is 34.3 Å². The maximum absolute atomic E-state index is 11.2. The van der Waals surface area contributed by atoms with Crippen molar-refractivity contribution in [2.75, 3.05) is 5.75 Å². The molecule has 2 aliphatic rings. The molecule has 3 heteroatoms. The third-order valence-electron chi connectivity index (χ3n) is 3.32. The Hall–Kier alpha value is -0.800. The number of thioether (sulfide) groups is 1. The summed E-state index contributed by atoms with van der Waals surface area (Å²) in [5.41, 5.74) is 1.52. The Kier molecular flexibility index (Phi) is 3.32. The zero-order valence-electron chi connectivity index (χ0n) is 10.5. The van der Waals surface area contributed by atoms with Crippen LogP contribution >= 0.6 is 11.8 Å². The van der Waals surface area contributed by atoms with Gasteiger partial charge in [-0.3, -0.25) is 4.79 Å². The van der Waals surface area contributed by atoms with Gasteiger partial charge in [-0.05, 0) is 32.8 Å². The molecule has 0 saturated carbocycles. The first kappa shape index (κ1) is 12.7. The first-order chi connectivity index (χ1) is 7.90. The molecule has 92 valence electrons. The fraction of sp³-hybridized carbons (Fsp3) is 0.500. The summed E-state index contributed by atoms with van der Waals surface area (Å²) in [6.07, 6.45) is 7.73. The average Bonchev–Trinajstić information content (AvgIpc) is 2.95. The average molecular weight is 250 g/mol. The SMILES string of the molecule is CC(=O)C(C)(O)CSC1=CCC2=CC2C=C1C. The van der Waals surface area contributed by atoms with E-state index in [-0.39, 0.29) is 5.78 Å². The predicted octanol–water partition coefficient (Wildman–Crippen LogP) is 2.85. The minimum absolute atomic E-state index is 0.175. The van der Waals surface area contributed by atoms with Gasteiger partial charge in [-0.15, -0.1) is 11.8 Å². The first-order valence-corrected chi connectivity index (χ1v) is 6.84. The normalized spacial score (nSPS) is 25.9. The van der Waals surface area contributed by atoms with Crippen LogP contribution in [-0.2, 0) is 4.79 Å². The zero-order valence-corrected chi connectivity index (χ0v) is 11.3. The Morgan fingerprint density at radius 1 is 1.59 bits per heavy atom. The number of carbonyl (C=O) groups excluding carboxylic acids is 1. The van der Waals surface area contributed by atoms with Gasteiger partial charge in [0.15, 0.2) is 5.78 Å². The van der Waals surface area contributed by atoms with Gasteiger partial charge < -0.3 is 5.11 Å². The lowest BCUT2D eigenvalue weighted by Gasteiger charge is -2.20. The van der Waals surface area contributed by atoms with Gasteiger partial charge in [-0.2, -0.15) is 0 Å². The van der Waals surface area contributed by atoms with Crippen molar-refractivity contribution < 1.29 is 9.90 Å². The smallest absolute Gasteiger partial charge is 0.161 e. The number of fused-ring (bicyclic) bond motifs is 1. The van der Waals surface area contributed by atoms with E-state index in [9.17, 15) is 9.90 Å². The second-order valence-electron chi connectivity index (χ2n) is 5.01. The van der Waals surface area contributed by atoms with Crippen LogP contribution in [0.15, 0.2) is 34.3 Å². The monoisotopic (exact) mass is 250 g/mol. The molecule has 2 aliphatic carbocycles. The van der Waals surface area contributed by atoms with Gasteiger partial charge >= 0.3 is 0 Å². The predicted molar refractivity (Wildman–Crippen MR) is 71.8 cm³/mol. The van der Waals surface area contributed by atoms with Crippen molar-refractivity contribution in [2.24, 2.45) is 5.92 Å². The van der Waals surface area contributed by atoms with Crippen LogP contribution in [0.4, 0.5) is 0 Å². The molecule has 0 amide bonds. The molecule has 2 nitrogen and oxygen atoms in total. The van der Waals surface area contributed by atoms with E-state index in [4.69, 9.17) is 0 Å². The maximum Gasteiger partial charge on any atom is 0.161 e. The van der Waals surface area contributed by atoms with Crippen molar-refractivity contribution in [3.63, 3.8) is 0 Å². The minimum Gasteiger partial charge on any atom is -0.382 e. The van der Waals surface area contributed by atoms with E-state index in [1.54, 1.807) is 18.7 Å². The van der Waals surface area contributed by atoms with Gasteiger partial charge in [0.1, 0.15) is 5.60 Å². The van der Waals surface area contributed by atoms with E-state index in [1.165, 1.54) is 23.0 Å². The van der Waals surface area contributed by atoms with Gasteiger partial charge in [0.2, 0.25) is 0 Å². The molecule has 17 heavy (non-hydrogen) atoms. The molecule has 0 saturated heterocycles. The molecule has 1 N–H and O–H groups in total. The summed E-state index contributed by atoms with van der Waals surface area (Å²) in [6, 6.07) is 0. The number of aliphatic hydroxyl groups is 1. The fourth-order valence-electron chi connectivity index (χ4n) is 1.76. The Balaban J connectivity index is 1.99. The summed E-state index contributed by atoms with van der Waals surface area (Å²) < 4.78 is 0. The standard InChI is InChI=1S/C14H18O2S/c1-9-6-12-7-11(12)4-5-13(9)17-8-14(3,16)10(2)15/h5-7,12,16H,4,8H2,1-3H3. The lowest BCUT2D eigenvalue weighted by molar-refractivity contribution is -0.131.